The predicted octanol–water partition coefficient (Wildman–Crippen LogP) is 2.99. The maximum Gasteiger partial charge on any atom is 0.264 e. The number of nitrogens with one attached hydrogen (secondary N) is 1. The molecule has 2 aromatic heterocycles. The van der Waals surface area contributed by atoms with E-state index in [1.54, 1.807) is 7.05 Å². The van der Waals surface area contributed by atoms with Crippen LogP contribution in [0, 0.1) is 6.92 Å². The van der Waals surface area contributed by atoms with Crippen molar-refractivity contribution in [2.75, 3.05) is 18.4 Å². The molecule has 7 heteroatoms. The van der Waals surface area contributed by atoms with Crippen LogP contribution in [0.15, 0.2) is 29.1 Å². The molecule has 0 aliphatic rings. The first-order valence-corrected chi connectivity index (χ1v) is 8.42. The van der Waals surface area contributed by atoms with Crippen molar-refractivity contribution in [1.82, 2.24) is 9.55 Å². The number of nitrogens with zero attached hydrogens (tertiary/aromatic N) is 2. The quantitative estimate of drug-likeness (QED) is 0.760. The minimum atomic E-state index is -0.0659. The van der Waals surface area contributed by atoms with Gasteiger partial charge in [-0.1, -0.05) is 23.7 Å². The van der Waals surface area contributed by atoms with E-state index in [4.69, 9.17) is 17.3 Å². The molecular weight excluding hydrogens is 332 g/mol. The van der Waals surface area contributed by atoms with Gasteiger partial charge in [0.1, 0.15) is 4.83 Å². The lowest BCUT2D eigenvalue weighted by molar-refractivity contribution is 0.837. The van der Waals surface area contributed by atoms with Crippen LogP contribution >= 0.6 is 22.9 Å². The second-order valence-electron chi connectivity index (χ2n) is 5.24. The Morgan fingerprint density at radius 1 is 1.35 bits per heavy atom. The summed E-state index contributed by atoms with van der Waals surface area (Å²) in [6.45, 7) is 3.05. The number of fused-ring (bicyclic) bond motifs is 1. The maximum atomic E-state index is 12.8. The van der Waals surface area contributed by atoms with Crippen molar-refractivity contribution in [2.24, 2.45) is 12.8 Å². The van der Waals surface area contributed by atoms with E-state index in [2.05, 4.69) is 10.3 Å². The van der Waals surface area contributed by atoms with Gasteiger partial charge in [-0.3, -0.25) is 9.36 Å². The van der Waals surface area contributed by atoms with Crippen LogP contribution in [-0.4, -0.2) is 22.6 Å². The molecule has 0 radical (unpaired) electrons. The number of aromatic nitrogens is 2. The normalized spacial score (nSPS) is 11.1. The van der Waals surface area contributed by atoms with Crippen LogP contribution in [0.25, 0.3) is 21.3 Å². The zero-order valence-electron chi connectivity index (χ0n) is 12.9. The average molecular weight is 349 g/mol. The lowest BCUT2D eigenvalue weighted by Gasteiger charge is -2.09. The summed E-state index contributed by atoms with van der Waals surface area (Å²) >= 11 is 7.48. The van der Waals surface area contributed by atoms with Crippen molar-refractivity contribution in [3.05, 3.63) is 44.5 Å². The first kappa shape index (κ1) is 16.0. The van der Waals surface area contributed by atoms with E-state index in [0.29, 0.717) is 29.4 Å². The highest BCUT2D eigenvalue weighted by atomic mass is 35.5. The summed E-state index contributed by atoms with van der Waals surface area (Å²) in [5.41, 5.74) is 7.34. The number of anilines is 1. The molecule has 1 aromatic carbocycles. The first-order chi connectivity index (χ1) is 11.0. The fourth-order valence-corrected chi connectivity index (χ4v) is 3.71. The third kappa shape index (κ3) is 2.85. The summed E-state index contributed by atoms with van der Waals surface area (Å²) < 4.78 is 1.53. The van der Waals surface area contributed by atoms with Crippen molar-refractivity contribution in [3.63, 3.8) is 0 Å². The van der Waals surface area contributed by atoms with Gasteiger partial charge in [-0.25, -0.2) is 4.98 Å². The zero-order chi connectivity index (χ0) is 16.6. The molecule has 0 saturated carbocycles. The third-order valence-electron chi connectivity index (χ3n) is 3.67. The number of hydrogen-bond donors (Lipinski definition) is 2. The highest BCUT2D eigenvalue weighted by Gasteiger charge is 2.18. The Morgan fingerprint density at radius 3 is 2.70 bits per heavy atom. The molecule has 0 fully saturated rings. The molecule has 120 valence electrons. The lowest BCUT2D eigenvalue weighted by atomic mass is 10.0. The molecular formula is C16H17ClN4OS. The molecule has 3 rings (SSSR count). The summed E-state index contributed by atoms with van der Waals surface area (Å²) in [5.74, 6) is 0.539. The average Bonchev–Trinajstić information content (AvgIpc) is 2.86. The van der Waals surface area contributed by atoms with E-state index in [-0.39, 0.29) is 5.56 Å². The van der Waals surface area contributed by atoms with Gasteiger partial charge in [0.05, 0.1) is 5.39 Å². The Labute approximate surface area is 142 Å². The number of thiophene rings is 1. The van der Waals surface area contributed by atoms with E-state index < -0.39 is 0 Å². The molecule has 0 aliphatic carbocycles. The number of aryl methyl sites for hydroxylation is 1. The number of hydrogen-bond acceptors (Lipinski definition) is 5. The van der Waals surface area contributed by atoms with Crippen LogP contribution in [-0.2, 0) is 7.05 Å². The molecule has 5 nitrogen and oxygen atoms in total. The number of nitrogens with two attached hydrogens (primary N) is 1. The summed E-state index contributed by atoms with van der Waals surface area (Å²) in [4.78, 5) is 19.2. The topological polar surface area (TPSA) is 72.9 Å². The molecule has 23 heavy (non-hydrogen) atoms. The molecule has 0 amide bonds. The smallest absolute Gasteiger partial charge is 0.264 e. The molecule has 3 N–H and O–H groups in total. The van der Waals surface area contributed by atoms with Crippen LogP contribution in [0.1, 0.15) is 4.88 Å². The van der Waals surface area contributed by atoms with Crippen LogP contribution in [0.4, 0.5) is 5.95 Å². The third-order valence-corrected chi connectivity index (χ3v) is 4.92. The van der Waals surface area contributed by atoms with Crippen molar-refractivity contribution in [2.45, 2.75) is 6.92 Å². The summed E-state index contributed by atoms with van der Waals surface area (Å²) in [6.07, 6.45) is 0. The Hall–Kier alpha value is -1.89. The molecule has 0 bridgehead atoms. The Kier molecular flexibility index (Phi) is 4.39. The van der Waals surface area contributed by atoms with Gasteiger partial charge >= 0.3 is 0 Å². The van der Waals surface area contributed by atoms with Gasteiger partial charge in [-0.2, -0.15) is 0 Å². The minimum absolute atomic E-state index is 0.0659. The fourth-order valence-electron chi connectivity index (χ4n) is 2.55. The Balaban J connectivity index is 2.24. The highest BCUT2D eigenvalue weighted by Crippen LogP contribution is 2.36. The second-order valence-corrected chi connectivity index (χ2v) is 6.87. The van der Waals surface area contributed by atoms with E-state index >= 15 is 0 Å². The molecule has 0 aliphatic heterocycles. The van der Waals surface area contributed by atoms with Gasteiger partial charge in [-0.05, 0) is 24.6 Å². The number of rotatable bonds is 4. The first-order valence-electron chi connectivity index (χ1n) is 7.23. The van der Waals surface area contributed by atoms with E-state index in [0.717, 1.165) is 20.8 Å². The zero-order valence-corrected chi connectivity index (χ0v) is 14.5. The molecule has 0 spiro atoms. The fraction of sp³-hybridized carbons (Fsp3) is 0.250. The van der Waals surface area contributed by atoms with E-state index in [1.807, 2.05) is 31.2 Å². The summed E-state index contributed by atoms with van der Waals surface area (Å²) in [7, 11) is 1.71. The van der Waals surface area contributed by atoms with Crippen molar-refractivity contribution in [1.29, 1.82) is 0 Å². The number of halogens is 1. The monoisotopic (exact) mass is 348 g/mol. The van der Waals surface area contributed by atoms with Gasteiger partial charge < -0.3 is 11.1 Å². The van der Waals surface area contributed by atoms with Crippen molar-refractivity contribution in [3.8, 4) is 11.1 Å². The van der Waals surface area contributed by atoms with Crippen LogP contribution in [0.3, 0.4) is 0 Å². The lowest BCUT2D eigenvalue weighted by Crippen LogP contribution is -2.24. The van der Waals surface area contributed by atoms with Gasteiger partial charge in [0, 0.05) is 35.6 Å². The second kappa shape index (κ2) is 6.31. The van der Waals surface area contributed by atoms with Crippen LogP contribution in [0.2, 0.25) is 5.02 Å². The Bertz CT molecular complexity index is 914. The van der Waals surface area contributed by atoms with Gasteiger partial charge in [0.15, 0.2) is 0 Å². The van der Waals surface area contributed by atoms with Gasteiger partial charge in [0.2, 0.25) is 5.95 Å². The van der Waals surface area contributed by atoms with Crippen molar-refractivity contribution < 1.29 is 0 Å². The molecule has 3 aromatic rings. The minimum Gasteiger partial charge on any atom is -0.354 e. The number of benzene rings is 1. The molecule has 0 atom stereocenters. The SMILES string of the molecule is Cc1sc2nc(NCCN)n(C)c(=O)c2c1-c1ccc(Cl)cc1. The molecule has 0 saturated heterocycles. The van der Waals surface area contributed by atoms with Crippen LogP contribution < -0.4 is 16.6 Å². The van der Waals surface area contributed by atoms with E-state index in [1.165, 1.54) is 15.9 Å². The van der Waals surface area contributed by atoms with Gasteiger partial charge in [-0.15, -0.1) is 11.3 Å². The maximum absolute atomic E-state index is 12.8. The van der Waals surface area contributed by atoms with Crippen LogP contribution in [0.5, 0.6) is 0 Å². The Morgan fingerprint density at radius 2 is 2.04 bits per heavy atom. The van der Waals surface area contributed by atoms with Gasteiger partial charge in [0.25, 0.3) is 5.56 Å². The predicted molar refractivity (Wildman–Crippen MR) is 97.6 cm³/mol. The largest absolute Gasteiger partial charge is 0.354 e. The van der Waals surface area contributed by atoms with Crippen molar-refractivity contribution >= 4 is 39.1 Å². The molecule has 2 heterocycles. The highest BCUT2D eigenvalue weighted by molar-refractivity contribution is 7.19. The molecule has 0 unspecified atom stereocenters. The standard InChI is InChI=1S/C16H17ClN4OS/c1-9-12(10-3-5-11(17)6-4-10)13-14(23-9)20-16(19-8-7-18)21(2)15(13)22/h3-6H,7-8,18H2,1-2H3,(H,19,20). The van der Waals surface area contributed by atoms with E-state index in [9.17, 15) is 4.79 Å². The summed E-state index contributed by atoms with van der Waals surface area (Å²) in [6, 6.07) is 7.51. The summed E-state index contributed by atoms with van der Waals surface area (Å²) in [5, 5.41) is 4.41.